The summed E-state index contributed by atoms with van der Waals surface area (Å²) in [5.74, 6) is -1.67. The van der Waals surface area contributed by atoms with Crippen LogP contribution in [0.2, 0.25) is 0 Å². The lowest BCUT2D eigenvalue weighted by atomic mass is 10.2. The van der Waals surface area contributed by atoms with Crippen molar-refractivity contribution < 1.29 is 21.9 Å². The molecular formula is C23H19F2N3O3S2. The van der Waals surface area contributed by atoms with Crippen LogP contribution < -0.4 is 4.74 Å². The minimum absolute atomic E-state index is 0.404. The number of rotatable bonds is 8. The average Bonchev–Trinajstić information content (AvgIpc) is 3.27. The van der Waals surface area contributed by atoms with Gasteiger partial charge in [0.05, 0.1) is 12.0 Å². The van der Waals surface area contributed by atoms with Crippen molar-refractivity contribution in [1.82, 2.24) is 14.8 Å². The fourth-order valence-corrected chi connectivity index (χ4v) is 4.78. The maximum absolute atomic E-state index is 12.7. The first-order valence-electron chi connectivity index (χ1n) is 9.79. The van der Waals surface area contributed by atoms with Crippen molar-refractivity contribution in [3.63, 3.8) is 0 Å². The Balaban J connectivity index is 1.64. The van der Waals surface area contributed by atoms with E-state index in [-0.39, 0.29) is 0 Å². The van der Waals surface area contributed by atoms with Gasteiger partial charge in [0.1, 0.15) is 5.75 Å². The maximum atomic E-state index is 12.7. The summed E-state index contributed by atoms with van der Waals surface area (Å²) in [6.45, 7) is 0. The molecule has 0 saturated carbocycles. The Morgan fingerprint density at radius 1 is 0.970 bits per heavy atom. The van der Waals surface area contributed by atoms with Crippen molar-refractivity contribution in [3.05, 3.63) is 84.4 Å². The molecule has 0 N–H and O–H groups in total. The molecule has 0 fully saturated rings. The van der Waals surface area contributed by atoms with Crippen LogP contribution in [-0.2, 0) is 15.6 Å². The van der Waals surface area contributed by atoms with E-state index in [0.29, 0.717) is 22.5 Å². The summed E-state index contributed by atoms with van der Waals surface area (Å²) in [5.41, 5.74) is 2.47. The number of nitrogens with zero attached hydrogens (tertiary/aromatic N) is 3. The lowest BCUT2D eigenvalue weighted by molar-refractivity contribution is 0.234. The standard InChI is InChI=1S/C23H19F2N3O3S2/c1-31-19-9-5-6-17(14-19)21-26-27-23(28(21)18-7-3-2-4-8-18)32-15-16-10-12-20(13-11-16)33(29,30)22(24)25/h2-14,22H,15H2,1H3. The molecule has 0 aliphatic heterocycles. The number of aromatic nitrogens is 3. The van der Waals surface area contributed by atoms with Gasteiger partial charge in [-0.1, -0.05) is 54.2 Å². The van der Waals surface area contributed by atoms with Crippen LogP contribution in [0.4, 0.5) is 8.78 Å². The molecule has 0 aliphatic carbocycles. The molecular weight excluding hydrogens is 468 g/mol. The van der Waals surface area contributed by atoms with Crippen molar-refractivity contribution >= 4 is 21.6 Å². The zero-order valence-corrected chi connectivity index (χ0v) is 19.1. The smallest absolute Gasteiger partial charge is 0.341 e. The van der Waals surface area contributed by atoms with Gasteiger partial charge in [-0.25, -0.2) is 8.42 Å². The Morgan fingerprint density at radius 2 is 1.70 bits per heavy atom. The minimum Gasteiger partial charge on any atom is -0.497 e. The predicted octanol–water partition coefficient (Wildman–Crippen LogP) is 5.23. The average molecular weight is 488 g/mol. The van der Waals surface area contributed by atoms with Crippen molar-refractivity contribution in [3.8, 4) is 22.8 Å². The SMILES string of the molecule is COc1cccc(-c2nnc(SCc3ccc(S(=O)(=O)C(F)F)cc3)n2-c2ccccc2)c1. The molecule has 0 spiro atoms. The van der Waals surface area contributed by atoms with E-state index < -0.39 is 20.5 Å². The van der Waals surface area contributed by atoms with Crippen LogP contribution in [0.25, 0.3) is 17.1 Å². The van der Waals surface area contributed by atoms with E-state index >= 15 is 0 Å². The van der Waals surface area contributed by atoms with Gasteiger partial charge < -0.3 is 4.74 Å². The number of para-hydroxylation sites is 1. The molecule has 4 rings (SSSR count). The van der Waals surface area contributed by atoms with Crippen molar-refractivity contribution in [2.24, 2.45) is 0 Å². The fourth-order valence-electron chi connectivity index (χ4n) is 3.15. The zero-order chi connectivity index (χ0) is 23.4. The van der Waals surface area contributed by atoms with E-state index in [1.54, 1.807) is 7.11 Å². The molecule has 0 unspecified atom stereocenters. The first kappa shape index (κ1) is 22.9. The van der Waals surface area contributed by atoms with Gasteiger partial charge in [-0.3, -0.25) is 4.57 Å². The number of halogens is 2. The van der Waals surface area contributed by atoms with Gasteiger partial charge in [-0.05, 0) is 42.0 Å². The van der Waals surface area contributed by atoms with Gasteiger partial charge >= 0.3 is 5.76 Å². The van der Waals surface area contributed by atoms with Crippen molar-refractivity contribution in [2.75, 3.05) is 7.11 Å². The van der Waals surface area contributed by atoms with Crippen LogP contribution in [-0.4, -0.2) is 36.0 Å². The van der Waals surface area contributed by atoms with E-state index in [0.717, 1.165) is 16.8 Å². The second kappa shape index (κ2) is 9.72. The van der Waals surface area contributed by atoms with E-state index in [9.17, 15) is 17.2 Å². The number of hydrogen-bond acceptors (Lipinski definition) is 6. The highest BCUT2D eigenvalue weighted by molar-refractivity contribution is 7.98. The summed E-state index contributed by atoms with van der Waals surface area (Å²) in [7, 11) is -3.02. The molecule has 1 heterocycles. The Labute approximate surface area is 194 Å². The first-order chi connectivity index (χ1) is 15.9. The van der Waals surface area contributed by atoms with Gasteiger partial charge in [-0.2, -0.15) is 8.78 Å². The molecule has 0 saturated heterocycles. The molecule has 0 radical (unpaired) electrons. The monoisotopic (exact) mass is 487 g/mol. The molecule has 0 atom stereocenters. The highest BCUT2D eigenvalue weighted by Crippen LogP contribution is 2.31. The van der Waals surface area contributed by atoms with E-state index in [1.165, 1.54) is 36.0 Å². The quantitative estimate of drug-likeness (QED) is 0.317. The molecule has 10 heteroatoms. The van der Waals surface area contributed by atoms with Crippen LogP contribution in [0.15, 0.2) is 88.9 Å². The third-order valence-corrected chi connectivity index (χ3v) is 7.23. The zero-order valence-electron chi connectivity index (χ0n) is 17.4. The topological polar surface area (TPSA) is 74.1 Å². The maximum Gasteiger partial charge on any atom is 0.341 e. The fraction of sp³-hybridized carbons (Fsp3) is 0.130. The van der Waals surface area contributed by atoms with Crippen LogP contribution in [0.3, 0.4) is 0 Å². The van der Waals surface area contributed by atoms with Gasteiger partial charge in [0, 0.05) is 17.0 Å². The third-order valence-electron chi connectivity index (χ3n) is 4.83. The molecule has 1 aromatic heterocycles. The summed E-state index contributed by atoms with van der Waals surface area (Å²) < 4.78 is 56.0. The first-order valence-corrected chi connectivity index (χ1v) is 12.3. The Kier molecular flexibility index (Phi) is 6.75. The Morgan fingerprint density at radius 3 is 2.36 bits per heavy atom. The van der Waals surface area contributed by atoms with E-state index in [4.69, 9.17) is 4.74 Å². The largest absolute Gasteiger partial charge is 0.497 e. The lowest BCUT2D eigenvalue weighted by Gasteiger charge is -2.11. The van der Waals surface area contributed by atoms with E-state index in [2.05, 4.69) is 10.2 Å². The molecule has 0 aliphatic rings. The molecule has 4 aromatic rings. The Hall–Kier alpha value is -3.24. The Bertz CT molecular complexity index is 1340. The summed E-state index contributed by atoms with van der Waals surface area (Å²) in [4.78, 5) is -0.404. The highest BCUT2D eigenvalue weighted by atomic mass is 32.2. The number of hydrogen-bond donors (Lipinski definition) is 0. The van der Waals surface area contributed by atoms with Crippen molar-refractivity contribution in [2.45, 2.75) is 21.6 Å². The second-order valence-electron chi connectivity index (χ2n) is 6.95. The molecule has 3 aromatic carbocycles. The molecule has 0 bridgehead atoms. The second-order valence-corrected chi connectivity index (χ2v) is 9.81. The summed E-state index contributed by atoms with van der Waals surface area (Å²) >= 11 is 1.40. The van der Waals surface area contributed by atoms with Gasteiger partial charge in [0.25, 0.3) is 0 Å². The highest BCUT2D eigenvalue weighted by Gasteiger charge is 2.26. The number of ether oxygens (including phenoxy) is 1. The number of alkyl halides is 2. The van der Waals surface area contributed by atoms with Crippen LogP contribution in [0.5, 0.6) is 5.75 Å². The van der Waals surface area contributed by atoms with Gasteiger partial charge in [0.2, 0.25) is 9.84 Å². The van der Waals surface area contributed by atoms with E-state index in [1.807, 2.05) is 59.2 Å². The molecule has 170 valence electrons. The molecule has 33 heavy (non-hydrogen) atoms. The van der Waals surface area contributed by atoms with Gasteiger partial charge in [0.15, 0.2) is 11.0 Å². The number of benzene rings is 3. The van der Waals surface area contributed by atoms with Gasteiger partial charge in [-0.15, -0.1) is 10.2 Å². The van der Waals surface area contributed by atoms with Crippen molar-refractivity contribution in [1.29, 1.82) is 0 Å². The van der Waals surface area contributed by atoms with Crippen LogP contribution in [0.1, 0.15) is 5.56 Å². The molecule has 6 nitrogen and oxygen atoms in total. The lowest BCUT2D eigenvalue weighted by Crippen LogP contribution is -2.11. The third kappa shape index (κ3) is 4.91. The summed E-state index contributed by atoms with van der Waals surface area (Å²) in [6, 6.07) is 22.6. The normalized spacial score (nSPS) is 11.6. The number of thioether (sulfide) groups is 1. The minimum atomic E-state index is -4.61. The number of sulfone groups is 1. The number of methoxy groups -OCH3 is 1. The molecule has 0 amide bonds. The summed E-state index contributed by atoms with van der Waals surface area (Å²) in [6.07, 6.45) is 0. The van der Waals surface area contributed by atoms with Crippen LogP contribution >= 0.6 is 11.8 Å². The van der Waals surface area contributed by atoms with Crippen LogP contribution in [0, 0.1) is 0 Å². The predicted molar refractivity (Wildman–Crippen MR) is 123 cm³/mol. The summed E-state index contributed by atoms with van der Waals surface area (Å²) in [5, 5.41) is 9.38.